The predicted molar refractivity (Wildman–Crippen MR) is 168 cm³/mol. The van der Waals surface area contributed by atoms with Crippen molar-refractivity contribution >= 4 is 51.9 Å². The minimum atomic E-state index is -2.67. The molecule has 0 saturated heterocycles. The Kier molecular flexibility index (Phi) is 6.89. The molecule has 0 unspecified atom stereocenters. The molecule has 0 nitrogen and oxygen atoms in total. The van der Waals surface area contributed by atoms with Crippen LogP contribution in [0.15, 0.2) is 176 Å². The van der Waals surface area contributed by atoms with Crippen molar-refractivity contribution < 1.29 is 0 Å². The second-order valence-electron chi connectivity index (χ2n) is 9.69. The second kappa shape index (κ2) is 10.9. The molecule has 0 bridgehead atoms. The summed E-state index contributed by atoms with van der Waals surface area (Å²) in [7, 11) is -2.67. The Morgan fingerprint density at radius 3 is 1.03 bits per heavy atom. The average Bonchev–Trinajstić information content (AvgIpc) is 3.01. The lowest BCUT2D eigenvalue weighted by Crippen LogP contribution is -2.79. The van der Waals surface area contributed by atoms with Gasteiger partial charge in [0.2, 0.25) is 6.71 Å². The maximum absolute atomic E-state index is 2.67. The van der Waals surface area contributed by atoms with E-state index in [-0.39, 0.29) is 6.71 Å². The van der Waals surface area contributed by atoms with E-state index >= 15 is 0 Å². The van der Waals surface area contributed by atoms with Crippen molar-refractivity contribution in [1.82, 2.24) is 0 Å². The third kappa shape index (κ3) is 4.34. The van der Waals surface area contributed by atoms with E-state index in [1.165, 1.54) is 37.1 Å². The monoisotopic (exact) mass is 500 g/mol. The summed E-state index contributed by atoms with van der Waals surface area (Å²) in [5, 5.41) is 5.61. The summed E-state index contributed by atoms with van der Waals surface area (Å²) in [5.41, 5.74) is 3.99. The highest BCUT2D eigenvalue weighted by molar-refractivity contribution is 7.22. The van der Waals surface area contributed by atoms with Gasteiger partial charge in [0.15, 0.2) is 8.07 Å². The molecule has 180 valence electrons. The smallest absolute Gasteiger partial charge is 0.0687 e. The molecule has 0 spiro atoms. The molecule has 0 aliphatic carbocycles. The molecular weight excluding hydrogens is 471 g/mol. The van der Waals surface area contributed by atoms with Gasteiger partial charge >= 0.3 is 0 Å². The maximum atomic E-state index is 2.40. The van der Waals surface area contributed by atoms with Crippen molar-refractivity contribution in [3.05, 3.63) is 176 Å². The molecule has 0 aliphatic heterocycles. The highest BCUT2D eigenvalue weighted by Gasteiger charge is 2.44. The van der Waals surface area contributed by atoms with Gasteiger partial charge in [-0.2, -0.15) is 0 Å². The Labute approximate surface area is 227 Å². The van der Waals surface area contributed by atoms with E-state index in [0.29, 0.717) is 0 Å². The van der Waals surface area contributed by atoms with Gasteiger partial charge in [-0.3, -0.25) is 0 Å². The van der Waals surface area contributed by atoms with E-state index in [1.807, 2.05) is 0 Å². The van der Waals surface area contributed by atoms with Gasteiger partial charge in [-0.25, -0.2) is 0 Å². The van der Waals surface area contributed by atoms with Gasteiger partial charge in [0, 0.05) is 0 Å². The van der Waals surface area contributed by atoms with Crippen LogP contribution in [0.3, 0.4) is 0 Å². The normalized spacial score (nSPS) is 11.2. The summed E-state index contributed by atoms with van der Waals surface area (Å²) < 4.78 is 0. The zero-order valence-electron chi connectivity index (χ0n) is 21.3. The van der Waals surface area contributed by atoms with Crippen LogP contribution in [0.25, 0.3) is 0 Å². The van der Waals surface area contributed by atoms with E-state index in [1.54, 1.807) is 0 Å². The minimum absolute atomic E-state index is 0.122. The molecule has 0 fully saturated rings. The quantitative estimate of drug-likeness (QED) is 0.232. The molecule has 0 radical (unpaired) electrons. The Morgan fingerprint density at radius 1 is 0.316 bits per heavy atom. The molecule has 0 saturated carbocycles. The van der Waals surface area contributed by atoms with E-state index in [2.05, 4.69) is 176 Å². The fraction of sp³-hybridized carbons (Fsp3) is 0. The van der Waals surface area contributed by atoms with E-state index in [9.17, 15) is 0 Å². The number of hydrogen-bond donors (Lipinski definition) is 0. The molecule has 6 rings (SSSR count). The van der Waals surface area contributed by atoms with Gasteiger partial charge in [-0.05, 0) is 20.7 Å². The van der Waals surface area contributed by atoms with Crippen LogP contribution < -0.4 is 37.1 Å². The number of benzene rings is 6. The topological polar surface area (TPSA) is 0 Å². The van der Waals surface area contributed by atoms with E-state index in [0.717, 1.165) is 0 Å². The van der Waals surface area contributed by atoms with Crippen molar-refractivity contribution in [2.45, 2.75) is 0 Å². The highest BCUT2D eigenvalue weighted by atomic mass is 28.3. The van der Waals surface area contributed by atoms with Crippen molar-refractivity contribution in [3.8, 4) is 0 Å². The first kappa shape index (κ1) is 24.0. The van der Waals surface area contributed by atoms with Crippen LogP contribution in [0.2, 0.25) is 0 Å². The molecule has 0 heterocycles. The second-order valence-corrected chi connectivity index (χ2v) is 13.5. The predicted octanol–water partition coefficient (Wildman–Crippen LogP) is 3.58. The molecule has 6 aromatic rings. The first-order chi connectivity index (χ1) is 18.9. The Hall–Kier alpha value is -4.40. The highest BCUT2D eigenvalue weighted by Crippen LogP contribution is 2.10. The van der Waals surface area contributed by atoms with E-state index < -0.39 is 8.07 Å². The summed E-state index contributed by atoms with van der Waals surface area (Å²) >= 11 is 0. The van der Waals surface area contributed by atoms with Gasteiger partial charge in [0.25, 0.3) is 0 Å². The lowest BCUT2D eigenvalue weighted by Gasteiger charge is -2.37. The summed E-state index contributed by atoms with van der Waals surface area (Å²) in [6.07, 6.45) is 0. The van der Waals surface area contributed by atoms with Crippen LogP contribution in [0.1, 0.15) is 0 Å². The summed E-state index contributed by atoms with van der Waals surface area (Å²) in [4.78, 5) is 0. The van der Waals surface area contributed by atoms with Gasteiger partial charge in [0.1, 0.15) is 0 Å². The first-order valence-electron chi connectivity index (χ1n) is 13.2. The fourth-order valence-electron chi connectivity index (χ4n) is 5.96. The molecular formula is C36H29BSi. The maximum Gasteiger partial charge on any atom is 0.241 e. The molecule has 0 amide bonds. The summed E-state index contributed by atoms with van der Waals surface area (Å²) in [6, 6.07) is 64.6. The third-order valence-corrected chi connectivity index (χ3v) is 12.4. The van der Waals surface area contributed by atoms with Crippen LogP contribution in [-0.4, -0.2) is 14.8 Å². The van der Waals surface area contributed by atoms with Crippen molar-refractivity contribution in [1.29, 1.82) is 0 Å². The lowest BCUT2D eigenvalue weighted by molar-refractivity contribution is 1.67. The zero-order chi connectivity index (χ0) is 25.6. The molecule has 6 aromatic carbocycles. The van der Waals surface area contributed by atoms with Crippen molar-refractivity contribution in [2.24, 2.45) is 0 Å². The summed E-state index contributed by atoms with van der Waals surface area (Å²) in [5.74, 6) is 0. The molecule has 0 aliphatic rings. The molecule has 0 atom stereocenters. The van der Waals surface area contributed by atoms with Crippen LogP contribution in [0, 0.1) is 0 Å². The number of rotatable bonds is 7. The van der Waals surface area contributed by atoms with Crippen molar-refractivity contribution in [3.63, 3.8) is 0 Å². The van der Waals surface area contributed by atoms with Gasteiger partial charge in [-0.15, -0.1) is 0 Å². The van der Waals surface area contributed by atoms with Crippen LogP contribution in [0.4, 0.5) is 0 Å². The van der Waals surface area contributed by atoms with Gasteiger partial charge < -0.3 is 0 Å². The molecule has 0 aromatic heterocycles. The fourth-order valence-corrected chi connectivity index (χ4v) is 11.0. The van der Waals surface area contributed by atoms with Gasteiger partial charge in [0.05, 0.1) is 0 Å². The third-order valence-electron chi connectivity index (χ3n) is 7.56. The Balaban J connectivity index is 1.74. The zero-order valence-corrected chi connectivity index (χ0v) is 22.3. The summed E-state index contributed by atoms with van der Waals surface area (Å²) in [6.45, 7) is 0.122. The standard InChI is InChI=1S/C36H29BSi/c1-6-18-30(19-7-1)37(31-20-8-2-9-21-31)35-28-16-17-29-36(35)38(32-22-10-3-11-23-32,33-24-12-4-13-25-33)34-26-14-5-15-27-34/h1-29H. The Bertz CT molecular complexity index is 1450. The first-order valence-corrected chi connectivity index (χ1v) is 15.2. The SMILES string of the molecule is c1ccc(B(c2ccccc2)c2ccccc2[Si](c2ccccc2)(c2ccccc2)c2ccccc2)cc1. The Morgan fingerprint density at radius 2 is 0.632 bits per heavy atom. The molecule has 38 heavy (non-hydrogen) atoms. The van der Waals surface area contributed by atoms with Gasteiger partial charge in [-0.1, -0.05) is 192 Å². The van der Waals surface area contributed by atoms with E-state index in [4.69, 9.17) is 0 Å². The average molecular weight is 501 g/mol. The largest absolute Gasteiger partial charge is 0.241 e. The van der Waals surface area contributed by atoms with Crippen LogP contribution >= 0.6 is 0 Å². The lowest BCUT2D eigenvalue weighted by atomic mass is 9.37. The minimum Gasteiger partial charge on any atom is -0.0687 e. The van der Waals surface area contributed by atoms with Crippen LogP contribution in [-0.2, 0) is 0 Å². The number of hydrogen-bond acceptors (Lipinski definition) is 0. The molecule has 0 N–H and O–H groups in total. The van der Waals surface area contributed by atoms with Crippen molar-refractivity contribution in [2.75, 3.05) is 0 Å². The van der Waals surface area contributed by atoms with Crippen LogP contribution in [0.5, 0.6) is 0 Å². The molecule has 2 heteroatoms.